The molecule has 0 saturated carbocycles. The van der Waals surface area contributed by atoms with Crippen molar-refractivity contribution < 1.29 is 16.8 Å². The first-order chi connectivity index (χ1) is 11.3. The molecule has 0 bridgehead atoms. The van der Waals surface area contributed by atoms with E-state index in [-0.39, 0.29) is 18.1 Å². The molecule has 2 aromatic carbocycles. The van der Waals surface area contributed by atoms with Crippen LogP contribution in [0.1, 0.15) is 5.56 Å². The fraction of sp³-hybridized carbons (Fsp3) is 0.200. The fourth-order valence-corrected chi connectivity index (χ4v) is 4.49. The molecule has 0 aliphatic rings. The van der Waals surface area contributed by atoms with Crippen molar-refractivity contribution in [2.24, 2.45) is 0 Å². The molecule has 0 radical (unpaired) electrons. The van der Waals surface area contributed by atoms with E-state index in [9.17, 15) is 16.8 Å². The molecule has 2 aromatic rings. The SMILES string of the molecule is O=S(=O)(Cc1ccccc1Cl)NCCS(=O)(=O)Nc1ccccc1. The summed E-state index contributed by atoms with van der Waals surface area (Å²) >= 11 is 5.93. The van der Waals surface area contributed by atoms with Gasteiger partial charge in [0.1, 0.15) is 0 Å². The van der Waals surface area contributed by atoms with Crippen LogP contribution in [-0.4, -0.2) is 29.1 Å². The topological polar surface area (TPSA) is 92.3 Å². The summed E-state index contributed by atoms with van der Waals surface area (Å²) in [6, 6.07) is 15.0. The van der Waals surface area contributed by atoms with Gasteiger partial charge in [-0.3, -0.25) is 4.72 Å². The third-order valence-electron chi connectivity index (χ3n) is 3.04. The second-order valence-electron chi connectivity index (χ2n) is 5.03. The molecule has 0 aliphatic carbocycles. The van der Waals surface area contributed by atoms with E-state index in [1.807, 2.05) is 0 Å². The molecule has 0 amide bonds. The zero-order chi connectivity index (χ0) is 17.6. The highest BCUT2D eigenvalue weighted by Gasteiger charge is 2.16. The summed E-state index contributed by atoms with van der Waals surface area (Å²) in [5.74, 6) is -0.678. The molecule has 0 saturated heterocycles. The average molecular weight is 389 g/mol. The summed E-state index contributed by atoms with van der Waals surface area (Å²) < 4.78 is 52.5. The van der Waals surface area contributed by atoms with Crippen molar-refractivity contribution in [1.82, 2.24) is 4.72 Å². The first-order valence-corrected chi connectivity index (χ1v) is 10.7. The molecule has 0 aliphatic heterocycles. The van der Waals surface area contributed by atoms with E-state index in [0.29, 0.717) is 16.3 Å². The van der Waals surface area contributed by atoms with Gasteiger partial charge in [0.05, 0.1) is 11.5 Å². The van der Waals surface area contributed by atoms with Crippen LogP contribution in [0, 0.1) is 0 Å². The van der Waals surface area contributed by atoms with E-state index in [4.69, 9.17) is 11.6 Å². The van der Waals surface area contributed by atoms with Crippen LogP contribution in [0.25, 0.3) is 0 Å². The Hall–Kier alpha value is -1.61. The first kappa shape index (κ1) is 18.7. The summed E-state index contributed by atoms with van der Waals surface area (Å²) in [6.07, 6.45) is 0. The fourth-order valence-electron chi connectivity index (χ4n) is 1.94. The molecule has 0 unspecified atom stereocenters. The van der Waals surface area contributed by atoms with Gasteiger partial charge in [0.25, 0.3) is 0 Å². The predicted molar refractivity (Wildman–Crippen MR) is 95.9 cm³/mol. The van der Waals surface area contributed by atoms with Crippen LogP contribution in [-0.2, 0) is 25.8 Å². The van der Waals surface area contributed by atoms with E-state index >= 15 is 0 Å². The highest BCUT2D eigenvalue weighted by atomic mass is 35.5. The van der Waals surface area contributed by atoms with Gasteiger partial charge in [-0.2, -0.15) is 0 Å². The summed E-state index contributed by atoms with van der Waals surface area (Å²) in [5.41, 5.74) is 0.883. The molecule has 0 atom stereocenters. The Bertz CT molecular complexity index is 885. The Morgan fingerprint density at radius 3 is 2.12 bits per heavy atom. The van der Waals surface area contributed by atoms with Crippen LogP contribution in [0.5, 0.6) is 0 Å². The van der Waals surface area contributed by atoms with Gasteiger partial charge in [-0.05, 0) is 23.8 Å². The normalized spacial score (nSPS) is 12.0. The summed E-state index contributed by atoms with van der Waals surface area (Å²) in [4.78, 5) is 0. The highest BCUT2D eigenvalue weighted by Crippen LogP contribution is 2.17. The van der Waals surface area contributed by atoms with Crippen molar-refractivity contribution in [3.8, 4) is 0 Å². The largest absolute Gasteiger partial charge is 0.284 e. The van der Waals surface area contributed by atoms with Crippen molar-refractivity contribution in [3.05, 3.63) is 65.2 Å². The Balaban J connectivity index is 1.89. The van der Waals surface area contributed by atoms with Gasteiger partial charge in [-0.25, -0.2) is 21.6 Å². The lowest BCUT2D eigenvalue weighted by Crippen LogP contribution is -2.32. The van der Waals surface area contributed by atoms with Crippen LogP contribution in [0.15, 0.2) is 54.6 Å². The Morgan fingerprint density at radius 2 is 1.46 bits per heavy atom. The minimum Gasteiger partial charge on any atom is -0.284 e. The van der Waals surface area contributed by atoms with Crippen LogP contribution < -0.4 is 9.44 Å². The van der Waals surface area contributed by atoms with Gasteiger partial charge < -0.3 is 0 Å². The van der Waals surface area contributed by atoms with Gasteiger partial charge in [0, 0.05) is 17.3 Å². The molecule has 0 heterocycles. The maximum Gasteiger partial charge on any atom is 0.234 e. The van der Waals surface area contributed by atoms with E-state index < -0.39 is 20.0 Å². The molecule has 9 heteroatoms. The maximum atomic E-state index is 12.0. The lowest BCUT2D eigenvalue weighted by molar-refractivity contribution is 0.581. The number of anilines is 1. The highest BCUT2D eigenvalue weighted by molar-refractivity contribution is 7.92. The molecule has 0 aromatic heterocycles. The molecular weight excluding hydrogens is 372 g/mol. The lowest BCUT2D eigenvalue weighted by atomic mass is 10.2. The van der Waals surface area contributed by atoms with Crippen molar-refractivity contribution in [2.75, 3.05) is 17.0 Å². The summed E-state index contributed by atoms with van der Waals surface area (Å²) in [7, 11) is -7.32. The Morgan fingerprint density at radius 1 is 0.833 bits per heavy atom. The van der Waals surface area contributed by atoms with E-state index in [2.05, 4.69) is 9.44 Å². The number of rotatable bonds is 8. The number of para-hydroxylation sites is 1. The molecular formula is C15H17ClN2O4S2. The third kappa shape index (κ3) is 6.12. The van der Waals surface area contributed by atoms with Crippen LogP contribution in [0.4, 0.5) is 5.69 Å². The molecule has 130 valence electrons. The van der Waals surface area contributed by atoms with Gasteiger partial charge in [0.2, 0.25) is 20.0 Å². The molecule has 0 fully saturated rings. The van der Waals surface area contributed by atoms with E-state index in [1.165, 1.54) is 0 Å². The molecule has 2 N–H and O–H groups in total. The van der Waals surface area contributed by atoms with Crippen molar-refractivity contribution in [1.29, 1.82) is 0 Å². The number of hydrogen-bond acceptors (Lipinski definition) is 4. The quantitative estimate of drug-likeness (QED) is 0.725. The zero-order valence-corrected chi connectivity index (χ0v) is 15.0. The smallest absolute Gasteiger partial charge is 0.234 e. The van der Waals surface area contributed by atoms with E-state index in [0.717, 1.165) is 0 Å². The van der Waals surface area contributed by atoms with Gasteiger partial charge in [-0.1, -0.05) is 48.0 Å². The maximum absolute atomic E-state index is 12.0. The standard InChI is InChI=1S/C15H17ClN2O4S2/c16-15-9-5-4-6-13(15)12-24(21,22)17-10-11-23(19,20)18-14-7-2-1-3-8-14/h1-9,17-18H,10-12H2. The number of hydrogen-bond donors (Lipinski definition) is 2. The minimum absolute atomic E-state index is 0.227. The Labute approximate surface area is 147 Å². The van der Waals surface area contributed by atoms with Crippen LogP contribution in [0.3, 0.4) is 0 Å². The average Bonchev–Trinajstić information content (AvgIpc) is 2.49. The Kier molecular flexibility index (Phi) is 6.22. The molecule has 6 nitrogen and oxygen atoms in total. The van der Waals surface area contributed by atoms with E-state index in [1.54, 1.807) is 54.6 Å². The lowest BCUT2D eigenvalue weighted by Gasteiger charge is -2.10. The van der Waals surface area contributed by atoms with Crippen LogP contribution in [0.2, 0.25) is 5.02 Å². The van der Waals surface area contributed by atoms with Crippen molar-refractivity contribution in [2.45, 2.75) is 5.75 Å². The summed E-state index contributed by atoms with van der Waals surface area (Å²) in [6.45, 7) is -0.227. The molecule has 24 heavy (non-hydrogen) atoms. The predicted octanol–water partition coefficient (Wildman–Crippen LogP) is 2.20. The van der Waals surface area contributed by atoms with Crippen molar-refractivity contribution >= 4 is 37.3 Å². The van der Waals surface area contributed by atoms with Crippen LogP contribution >= 0.6 is 11.6 Å². The summed E-state index contributed by atoms with van der Waals surface area (Å²) in [5, 5.41) is 0.348. The van der Waals surface area contributed by atoms with Crippen molar-refractivity contribution in [3.63, 3.8) is 0 Å². The molecule has 0 spiro atoms. The van der Waals surface area contributed by atoms with Gasteiger partial charge >= 0.3 is 0 Å². The number of halogens is 1. The zero-order valence-electron chi connectivity index (χ0n) is 12.6. The van der Waals surface area contributed by atoms with Gasteiger partial charge in [0.15, 0.2) is 0 Å². The molecule has 2 rings (SSSR count). The second kappa shape index (κ2) is 7.98. The monoisotopic (exact) mass is 388 g/mol. The number of benzene rings is 2. The minimum atomic E-state index is -3.68. The third-order valence-corrected chi connectivity index (χ3v) is 6.04. The number of sulfonamides is 2. The first-order valence-electron chi connectivity index (χ1n) is 7.04. The number of nitrogens with one attached hydrogen (secondary N) is 2. The second-order valence-corrected chi connectivity index (χ2v) is 9.09. The van der Waals surface area contributed by atoms with Gasteiger partial charge in [-0.15, -0.1) is 0 Å².